The van der Waals surface area contributed by atoms with E-state index in [-0.39, 0.29) is 5.97 Å². The lowest BCUT2D eigenvalue weighted by Gasteiger charge is -2.27. The van der Waals surface area contributed by atoms with Crippen LogP contribution in [0.15, 0.2) is 23.4 Å². The van der Waals surface area contributed by atoms with Crippen molar-refractivity contribution in [3.05, 3.63) is 23.4 Å². The molecule has 4 nitrogen and oxygen atoms in total. The molecule has 0 amide bonds. The molecular weight excluding hydrogens is 308 g/mol. The topological polar surface area (TPSA) is 51.2 Å². The van der Waals surface area contributed by atoms with Crippen molar-refractivity contribution in [1.29, 1.82) is 0 Å². The summed E-state index contributed by atoms with van der Waals surface area (Å²) in [5.74, 6) is 0.772. The molecule has 6 heteroatoms. The highest BCUT2D eigenvalue weighted by Crippen LogP contribution is 2.21. The van der Waals surface area contributed by atoms with Gasteiger partial charge in [-0.05, 0) is 44.2 Å². The van der Waals surface area contributed by atoms with Crippen molar-refractivity contribution < 1.29 is 9.53 Å². The first kappa shape index (κ1) is 18.3. The highest BCUT2D eigenvalue weighted by atomic mass is 35.5. The summed E-state index contributed by atoms with van der Waals surface area (Å²) in [6, 6.07) is 3.76. The van der Waals surface area contributed by atoms with Gasteiger partial charge < -0.3 is 10.1 Å². The second kappa shape index (κ2) is 9.28. The number of unbranched alkanes of at least 4 members (excludes halogenated alkanes) is 1. The van der Waals surface area contributed by atoms with Crippen LogP contribution in [0.4, 0.5) is 0 Å². The molecule has 0 spiro atoms. The van der Waals surface area contributed by atoms with Crippen LogP contribution in [0.5, 0.6) is 0 Å². The fourth-order valence-corrected chi connectivity index (χ4v) is 3.04. The third-order valence-corrected chi connectivity index (χ3v) is 4.48. The summed E-state index contributed by atoms with van der Waals surface area (Å²) in [4.78, 5) is 16.1. The molecule has 1 unspecified atom stereocenters. The standard InChI is InChI=1S/C15H23ClN2O2S/c1-4-18-15(2,14(19)20-3)9-5-6-10-21-13-8-7-12(16)11-17-13/h7-8,11,18H,4-6,9-10H2,1-3H3. The second-order valence-electron chi connectivity index (χ2n) is 4.97. The smallest absolute Gasteiger partial charge is 0.325 e. The zero-order valence-electron chi connectivity index (χ0n) is 12.8. The van der Waals surface area contributed by atoms with Crippen molar-refractivity contribution in [1.82, 2.24) is 10.3 Å². The Morgan fingerprint density at radius 3 is 2.81 bits per heavy atom. The highest BCUT2D eigenvalue weighted by Gasteiger charge is 2.32. The molecule has 118 valence electrons. The van der Waals surface area contributed by atoms with Crippen molar-refractivity contribution in [2.75, 3.05) is 19.4 Å². The summed E-state index contributed by atoms with van der Waals surface area (Å²) in [5.41, 5.74) is -0.591. The number of rotatable bonds is 9. The van der Waals surface area contributed by atoms with Gasteiger partial charge in [0.15, 0.2) is 0 Å². The molecule has 0 saturated carbocycles. The van der Waals surface area contributed by atoms with Crippen LogP contribution in [0.2, 0.25) is 5.02 Å². The van der Waals surface area contributed by atoms with Gasteiger partial charge >= 0.3 is 5.97 Å². The molecule has 1 N–H and O–H groups in total. The van der Waals surface area contributed by atoms with Crippen LogP contribution in [0.25, 0.3) is 0 Å². The van der Waals surface area contributed by atoms with Gasteiger partial charge in [-0.15, -0.1) is 11.8 Å². The van der Waals surface area contributed by atoms with Gasteiger partial charge in [-0.1, -0.05) is 24.9 Å². The van der Waals surface area contributed by atoms with Gasteiger partial charge in [-0.2, -0.15) is 0 Å². The Balaban J connectivity index is 2.31. The van der Waals surface area contributed by atoms with Gasteiger partial charge in [0.2, 0.25) is 0 Å². The Kier molecular flexibility index (Phi) is 8.07. The summed E-state index contributed by atoms with van der Waals surface area (Å²) in [6.07, 6.45) is 4.40. The number of halogens is 1. The summed E-state index contributed by atoms with van der Waals surface area (Å²) >= 11 is 7.50. The molecule has 0 aliphatic rings. The Morgan fingerprint density at radius 2 is 2.24 bits per heavy atom. The summed E-state index contributed by atoms with van der Waals surface area (Å²) in [6.45, 7) is 4.63. The van der Waals surface area contributed by atoms with Crippen LogP contribution in [-0.2, 0) is 9.53 Å². The van der Waals surface area contributed by atoms with Crippen LogP contribution < -0.4 is 5.32 Å². The lowest BCUT2D eigenvalue weighted by Crippen LogP contribution is -2.50. The van der Waals surface area contributed by atoms with Crippen LogP contribution >= 0.6 is 23.4 Å². The molecule has 0 aliphatic carbocycles. The van der Waals surface area contributed by atoms with Gasteiger partial charge in [0.25, 0.3) is 0 Å². The number of thioether (sulfide) groups is 1. The van der Waals surface area contributed by atoms with Crippen molar-refractivity contribution in [3.63, 3.8) is 0 Å². The Bertz CT molecular complexity index is 442. The zero-order chi connectivity index (χ0) is 15.7. The number of aromatic nitrogens is 1. The monoisotopic (exact) mass is 330 g/mol. The lowest BCUT2D eigenvalue weighted by molar-refractivity contribution is -0.148. The average molecular weight is 331 g/mol. The molecule has 0 aliphatic heterocycles. The van der Waals surface area contributed by atoms with Crippen LogP contribution in [0.1, 0.15) is 33.1 Å². The van der Waals surface area contributed by atoms with E-state index in [0.29, 0.717) is 5.02 Å². The first-order valence-electron chi connectivity index (χ1n) is 7.09. The molecule has 0 saturated heterocycles. The number of carbonyl (C=O) groups excluding carboxylic acids is 1. The predicted octanol–water partition coefficient (Wildman–Crippen LogP) is 3.54. The van der Waals surface area contributed by atoms with E-state index in [1.807, 2.05) is 26.0 Å². The quantitative estimate of drug-likeness (QED) is 0.426. The van der Waals surface area contributed by atoms with Crippen LogP contribution in [0.3, 0.4) is 0 Å². The summed E-state index contributed by atoms with van der Waals surface area (Å²) < 4.78 is 4.88. The van der Waals surface area contributed by atoms with E-state index >= 15 is 0 Å². The lowest BCUT2D eigenvalue weighted by atomic mass is 9.95. The molecule has 1 aromatic heterocycles. The molecule has 21 heavy (non-hydrogen) atoms. The molecule has 0 bridgehead atoms. The number of carbonyl (C=O) groups is 1. The highest BCUT2D eigenvalue weighted by molar-refractivity contribution is 7.99. The molecular formula is C15H23ClN2O2S. The molecule has 1 atom stereocenters. The van der Waals surface area contributed by atoms with Gasteiger partial charge in [-0.3, -0.25) is 4.79 Å². The van der Waals surface area contributed by atoms with Gasteiger partial charge in [0.05, 0.1) is 17.2 Å². The van der Waals surface area contributed by atoms with Gasteiger partial charge in [0.1, 0.15) is 5.54 Å². The fourth-order valence-electron chi connectivity index (χ4n) is 2.08. The number of pyridine rings is 1. The number of esters is 1. The number of hydrogen-bond acceptors (Lipinski definition) is 5. The molecule has 0 radical (unpaired) electrons. The first-order valence-corrected chi connectivity index (χ1v) is 8.46. The minimum Gasteiger partial charge on any atom is -0.468 e. The van der Waals surface area contributed by atoms with E-state index in [2.05, 4.69) is 10.3 Å². The Morgan fingerprint density at radius 1 is 1.48 bits per heavy atom. The fraction of sp³-hybridized carbons (Fsp3) is 0.600. The summed E-state index contributed by atoms with van der Waals surface area (Å²) in [5, 5.41) is 4.84. The summed E-state index contributed by atoms with van der Waals surface area (Å²) in [7, 11) is 1.43. The second-order valence-corrected chi connectivity index (χ2v) is 6.53. The number of nitrogens with one attached hydrogen (secondary N) is 1. The number of hydrogen-bond donors (Lipinski definition) is 1. The van der Waals surface area contributed by atoms with E-state index in [1.165, 1.54) is 7.11 Å². The van der Waals surface area contributed by atoms with Gasteiger partial charge in [0, 0.05) is 6.20 Å². The number of methoxy groups -OCH3 is 1. The van der Waals surface area contributed by atoms with E-state index in [0.717, 1.165) is 36.6 Å². The maximum atomic E-state index is 11.8. The molecule has 0 fully saturated rings. The van der Waals surface area contributed by atoms with Crippen molar-refractivity contribution in [2.45, 2.75) is 43.7 Å². The largest absolute Gasteiger partial charge is 0.468 e. The third-order valence-electron chi connectivity index (χ3n) is 3.22. The minimum atomic E-state index is -0.591. The van der Waals surface area contributed by atoms with E-state index in [9.17, 15) is 4.79 Å². The minimum absolute atomic E-state index is 0.198. The number of nitrogens with zero attached hydrogens (tertiary/aromatic N) is 1. The zero-order valence-corrected chi connectivity index (χ0v) is 14.4. The van der Waals surface area contributed by atoms with Crippen LogP contribution in [0, 0.1) is 0 Å². The molecule has 1 heterocycles. The normalized spacial score (nSPS) is 13.7. The molecule has 0 aromatic carbocycles. The van der Waals surface area contributed by atoms with Crippen molar-refractivity contribution in [3.8, 4) is 0 Å². The Labute approximate surface area is 136 Å². The van der Waals surface area contributed by atoms with Crippen molar-refractivity contribution >= 4 is 29.3 Å². The maximum Gasteiger partial charge on any atom is 0.325 e. The van der Waals surface area contributed by atoms with E-state index in [4.69, 9.17) is 16.3 Å². The number of likely N-dealkylation sites (N-methyl/N-ethyl adjacent to an activating group) is 1. The van der Waals surface area contributed by atoms with Gasteiger partial charge in [-0.25, -0.2) is 4.98 Å². The first-order chi connectivity index (χ1) is 10.0. The third kappa shape index (κ3) is 6.24. The predicted molar refractivity (Wildman–Crippen MR) is 87.9 cm³/mol. The maximum absolute atomic E-state index is 11.8. The van der Waals surface area contributed by atoms with Crippen LogP contribution in [-0.4, -0.2) is 35.9 Å². The SMILES string of the molecule is CCNC(C)(CCCCSc1ccc(Cl)cn1)C(=O)OC. The van der Waals surface area contributed by atoms with Crippen molar-refractivity contribution in [2.24, 2.45) is 0 Å². The Hall–Kier alpha value is -0.780. The van der Waals surface area contributed by atoms with E-state index in [1.54, 1.807) is 18.0 Å². The average Bonchev–Trinajstić information content (AvgIpc) is 2.48. The number of ether oxygens (including phenoxy) is 1. The molecule has 1 aromatic rings. The van der Waals surface area contributed by atoms with E-state index < -0.39 is 5.54 Å². The molecule has 1 rings (SSSR count).